The van der Waals surface area contributed by atoms with Gasteiger partial charge in [-0.1, -0.05) is 35.3 Å². The fourth-order valence-electron chi connectivity index (χ4n) is 1.81. The third-order valence-electron chi connectivity index (χ3n) is 2.80. The van der Waals surface area contributed by atoms with Crippen LogP contribution in [0.3, 0.4) is 0 Å². The van der Waals surface area contributed by atoms with Crippen LogP contribution in [0.25, 0.3) is 0 Å². The Kier molecular flexibility index (Phi) is 3.60. The van der Waals surface area contributed by atoms with Crippen LogP contribution in [0.1, 0.15) is 16.7 Å². The van der Waals surface area contributed by atoms with Crippen molar-refractivity contribution in [1.82, 2.24) is 0 Å². The second-order valence-electron chi connectivity index (χ2n) is 4.09. The van der Waals surface area contributed by atoms with Crippen LogP contribution in [0.4, 0.5) is 5.69 Å². The first kappa shape index (κ1) is 12.3. The number of rotatable bonds is 2. The van der Waals surface area contributed by atoms with Gasteiger partial charge in [-0.05, 0) is 54.3 Å². The van der Waals surface area contributed by atoms with Gasteiger partial charge in [0.15, 0.2) is 0 Å². The highest BCUT2D eigenvalue weighted by atomic mass is 35.5. The van der Waals surface area contributed by atoms with Gasteiger partial charge in [0, 0.05) is 15.7 Å². The number of hydrogen-bond donors (Lipinski definition) is 1. The molecule has 0 bridgehead atoms. The molecule has 0 heterocycles. The van der Waals surface area contributed by atoms with E-state index in [-0.39, 0.29) is 0 Å². The minimum absolute atomic E-state index is 0.671. The first-order valence-corrected chi connectivity index (χ1v) is 6.11. The molecule has 2 N–H and O–H groups in total. The van der Waals surface area contributed by atoms with Gasteiger partial charge >= 0.3 is 0 Å². The van der Waals surface area contributed by atoms with Gasteiger partial charge in [0.1, 0.15) is 0 Å². The highest BCUT2D eigenvalue weighted by Crippen LogP contribution is 2.25. The zero-order valence-electron chi connectivity index (χ0n) is 9.50. The van der Waals surface area contributed by atoms with Crippen molar-refractivity contribution in [3.63, 3.8) is 0 Å². The van der Waals surface area contributed by atoms with Gasteiger partial charge in [-0.25, -0.2) is 0 Å². The van der Waals surface area contributed by atoms with Crippen molar-refractivity contribution >= 4 is 28.9 Å². The molecule has 2 aromatic rings. The maximum atomic E-state index is 6.01. The average Bonchev–Trinajstić information content (AvgIpc) is 2.25. The van der Waals surface area contributed by atoms with E-state index in [4.69, 9.17) is 28.9 Å². The van der Waals surface area contributed by atoms with Crippen molar-refractivity contribution in [2.45, 2.75) is 13.3 Å². The number of halogens is 2. The molecular formula is C14H13Cl2N. The first-order chi connectivity index (χ1) is 8.06. The van der Waals surface area contributed by atoms with Gasteiger partial charge in [-0.15, -0.1) is 0 Å². The Hall–Kier alpha value is -1.18. The number of benzene rings is 2. The van der Waals surface area contributed by atoms with E-state index >= 15 is 0 Å². The lowest BCUT2D eigenvalue weighted by molar-refractivity contribution is 1.16. The van der Waals surface area contributed by atoms with E-state index in [1.54, 1.807) is 6.07 Å². The van der Waals surface area contributed by atoms with Crippen molar-refractivity contribution in [2.24, 2.45) is 0 Å². The van der Waals surface area contributed by atoms with E-state index in [1.165, 1.54) is 0 Å². The smallest absolute Gasteiger partial charge is 0.0429 e. The van der Waals surface area contributed by atoms with Gasteiger partial charge in [0.05, 0.1) is 0 Å². The van der Waals surface area contributed by atoms with Gasteiger partial charge in [-0.3, -0.25) is 0 Å². The third-order valence-corrected chi connectivity index (χ3v) is 3.26. The van der Waals surface area contributed by atoms with Gasteiger partial charge in [0.25, 0.3) is 0 Å². The molecule has 17 heavy (non-hydrogen) atoms. The lowest BCUT2D eigenvalue weighted by Gasteiger charge is -2.10. The fourth-order valence-corrected chi connectivity index (χ4v) is 2.27. The molecule has 3 heteroatoms. The fraction of sp³-hybridized carbons (Fsp3) is 0.143. The molecule has 0 spiro atoms. The summed E-state index contributed by atoms with van der Waals surface area (Å²) in [5.74, 6) is 0. The summed E-state index contributed by atoms with van der Waals surface area (Å²) in [7, 11) is 0. The van der Waals surface area contributed by atoms with Crippen molar-refractivity contribution in [3.8, 4) is 0 Å². The molecule has 0 aliphatic rings. The van der Waals surface area contributed by atoms with Crippen LogP contribution in [-0.4, -0.2) is 0 Å². The molecule has 0 aliphatic carbocycles. The van der Waals surface area contributed by atoms with Crippen LogP contribution in [-0.2, 0) is 6.42 Å². The topological polar surface area (TPSA) is 26.0 Å². The molecule has 0 radical (unpaired) electrons. The number of nitrogens with two attached hydrogens (primary N) is 1. The molecule has 0 amide bonds. The Bertz CT molecular complexity index is 550. The predicted octanol–water partition coefficient (Wildman–Crippen LogP) is 4.47. The van der Waals surface area contributed by atoms with Crippen molar-refractivity contribution in [3.05, 3.63) is 63.1 Å². The molecule has 0 atom stereocenters. The molecule has 0 saturated carbocycles. The monoisotopic (exact) mass is 265 g/mol. The maximum Gasteiger partial charge on any atom is 0.0429 e. The zero-order chi connectivity index (χ0) is 12.4. The van der Waals surface area contributed by atoms with Crippen LogP contribution in [0, 0.1) is 6.92 Å². The summed E-state index contributed by atoms with van der Waals surface area (Å²) in [5.41, 5.74) is 9.99. The minimum Gasteiger partial charge on any atom is -0.398 e. The van der Waals surface area contributed by atoms with Crippen LogP contribution in [0.15, 0.2) is 36.4 Å². The molecular weight excluding hydrogens is 253 g/mol. The van der Waals surface area contributed by atoms with E-state index in [1.807, 2.05) is 37.3 Å². The summed E-state index contributed by atoms with van der Waals surface area (Å²) in [6, 6.07) is 11.5. The number of hydrogen-bond acceptors (Lipinski definition) is 1. The Balaban J connectivity index is 2.36. The molecule has 1 nitrogen and oxygen atoms in total. The molecule has 88 valence electrons. The zero-order valence-corrected chi connectivity index (χ0v) is 11.0. The van der Waals surface area contributed by atoms with Crippen molar-refractivity contribution in [1.29, 1.82) is 0 Å². The molecule has 0 aromatic heterocycles. The van der Waals surface area contributed by atoms with Crippen LogP contribution >= 0.6 is 23.2 Å². The molecule has 0 unspecified atom stereocenters. The Morgan fingerprint density at radius 3 is 2.53 bits per heavy atom. The van der Waals surface area contributed by atoms with E-state index in [0.717, 1.165) is 33.8 Å². The largest absolute Gasteiger partial charge is 0.398 e. The minimum atomic E-state index is 0.671. The first-order valence-electron chi connectivity index (χ1n) is 5.35. The highest BCUT2D eigenvalue weighted by molar-refractivity contribution is 6.31. The lowest BCUT2D eigenvalue weighted by Crippen LogP contribution is -1.97. The number of nitrogen functional groups attached to an aromatic ring is 1. The molecule has 0 fully saturated rings. The summed E-state index contributed by atoms with van der Waals surface area (Å²) < 4.78 is 0. The van der Waals surface area contributed by atoms with Gasteiger partial charge in [-0.2, -0.15) is 0 Å². The van der Waals surface area contributed by atoms with Crippen molar-refractivity contribution < 1.29 is 0 Å². The Morgan fingerprint density at radius 2 is 1.82 bits per heavy atom. The summed E-state index contributed by atoms with van der Waals surface area (Å²) in [5, 5.41) is 1.42. The molecule has 2 aromatic carbocycles. The van der Waals surface area contributed by atoms with Crippen LogP contribution < -0.4 is 5.73 Å². The maximum absolute atomic E-state index is 6.01. The van der Waals surface area contributed by atoms with E-state index in [2.05, 4.69) is 0 Å². The van der Waals surface area contributed by atoms with Crippen LogP contribution in [0.5, 0.6) is 0 Å². The summed E-state index contributed by atoms with van der Waals surface area (Å²) in [6.07, 6.45) is 0.789. The average molecular weight is 266 g/mol. The molecule has 0 saturated heterocycles. The van der Waals surface area contributed by atoms with Crippen molar-refractivity contribution in [2.75, 3.05) is 5.73 Å². The molecule has 0 aliphatic heterocycles. The predicted molar refractivity (Wildman–Crippen MR) is 74.9 cm³/mol. The normalized spacial score (nSPS) is 10.5. The van der Waals surface area contributed by atoms with E-state index in [0.29, 0.717) is 5.02 Å². The Morgan fingerprint density at radius 1 is 1.06 bits per heavy atom. The SMILES string of the molecule is Cc1c(N)cc(Cl)cc1Cc1cccc(Cl)c1. The summed E-state index contributed by atoms with van der Waals surface area (Å²) >= 11 is 12.0. The Labute approximate surface area is 111 Å². The standard InChI is InChI=1S/C14H13Cl2N/c1-9-11(7-13(16)8-14(9)17)5-10-3-2-4-12(15)6-10/h2-4,6-8H,5,17H2,1H3. The molecule has 2 rings (SSSR count). The number of anilines is 1. The van der Waals surface area contributed by atoms with Crippen LogP contribution in [0.2, 0.25) is 10.0 Å². The summed E-state index contributed by atoms with van der Waals surface area (Å²) in [6.45, 7) is 2.01. The quantitative estimate of drug-likeness (QED) is 0.797. The second-order valence-corrected chi connectivity index (χ2v) is 4.96. The highest BCUT2D eigenvalue weighted by Gasteiger charge is 2.05. The summed E-state index contributed by atoms with van der Waals surface area (Å²) in [4.78, 5) is 0. The second kappa shape index (κ2) is 4.99. The third kappa shape index (κ3) is 2.93. The van der Waals surface area contributed by atoms with E-state index in [9.17, 15) is 0 Å². The van der Waals surface area contributed by atoms with E-state index < -0.39 is 0 Å². The lowest BCUT2D eigenvalue weighted by atomic mass is 9.99. The van der Waals surface area contributed by atoms with Gasteiger partial charge in [0.2, 0.25) is 0 Å². The van der Waals surface area contributed by atoms with Gasteiger partial charge < -0.3 is 5.73 Å².